The number of ether oxygens (including phenoxy) is 1. The molecule has 0 saturated carbocycles. The van der Waals surface area contributed by atoms with E-state index in [2.05, 4.69) is 15.9 Å². The van der Waals surface area contributed by atoms with Crippen molar-refractivity contribution in [3.63, 3.8) is 0 Å². The zero-order valence-corrected chi connectivity index (χ0v) is 14.3. The number of rotatable bonds is 3. The van der Waals surface area contributed by atoms with Gasteiger partial charge in [-0.05, 0) is 43.2 Å². The van der Waals surface area contributed by atoms with Gasteiger partial charge in [0.2, 0.25) is 0 Å². The molecule has 1 saturated heterocycles. The van der Waals surface area contributed by atoms with E-state index in [4.69, 9.17) is 10.5 Å². The van der Waals surface area contributed by atoms with E-state index < -0.39 is 0 Å². The van der Waals surface area contributed by atoms with Crippen LogP contribution in [-0.2, 0) is 0 Å². The maximum atomic E-state index is 12.8. The minimum Gasteiger partial charge on any atom is -0.456 e. The average Bonchev–Trinajstić information content (AvgIpc) is 2.55. The van der Waals surface area contributed by atoms with E-state index in [1.807, 2.05) is 47.4 Å². The summed E-state index contributed by atoms with van der Waals surface area (Å²) in [7, 11) is 0. The normalized spacial score (nSPS) is 17.8. The van der Waals surface area contributed by atoms with Gasteiger partial charge in [0.25, 0.3) is 5.91 Å². The van der Waals surface area contributed by atoms with Crippen LogP contribution in [0.1, 0.15) is 23.2 Å². The molecule has 4 nitrogen and oxygen atoms in total. The highest BCUT2D eigenvalue weighted by Gasteiger charge is 2.24. The van der Waals surface area contributed by atoms with Crippen LogP contribution in [0.5, 0.6) is 11.5 Å². The minimum absolute atomic E-state index is 0.0225. The minimum atomic E-state index is -0.0225. The van der Waals surface area contributed by atoms with Crippen LogP contribution in [0.4, 0.5) is 0 Å². The van der Waals surface area contributed by atoms with Crippen molar-refractivity contribution in [2.75, 3.05) is 13.1 Å². The van der Waals surface area contributed by atoms with Gasteiger partial charge in [0, 0.05) is 23.6 Å². The third kappa shape index (κ3) is 3.92. The lowest BCUT2D eigenvalue weighted by Gasteiger charge is -2.31. The molecule has 2 aromatic carbocycles. The van der Waals surface area contributed by atoms with Crippen molar-refractivity contribution in [3.05, 3.63) is 58.6 Å². The summed E-state index contributed by atoms with van der Waals surface area (Å²) >= 11 is 3.42. The summed E-state index contributed by atoms with van der Waals surface area (Å²) in [6.07, 6.45) is 1.92. The molecule has 2 aromatic rings. The van der Waals surface area contributed by atoms with E-state index in [9.17, 15) is 4.79 Å². The molecular formula is C18H19BrN2O2. The molecule has 1 unspecified atom stereocenters. The van der Waals surface area contributed by atoms with E-state index in [-0.39, 0.29) is 11.9 Å². The first-order chi connectivity index (χ1) is 11.1. The lowest BCUT2D eigenvalue weighted by molar-refractivity contribution is 0.0706. The van der Waals surface area contributed by atoms with Gasteiger partial charge >= 0.3 is 0 Å². The van der Waals surface area contributed by atoms with Gasteiger partial charge in [-0.25, -0.2) is 0 Å². The molecule has 2 N–H and O–H groups in total. The SMILES string of the molecule is NC1CCCN(C(=O)c2ccccc2Oc2cccc(Br)c2)C1. The fraction of sp³-hybridized carbons (Fsp3) is 0.278. The number of amides is 1. The Kier molecular flexibility index (Phi) is 4.98. The molecule has 0 spiro atoms. The average molecular weight is 375 g/mol. The van der Waals surface area contributed by atoms with Crippen LogP contribution < -0.4 is 10.5 Å². The molecule has 1 amide bonds. The van der Waals surface area contributed by atoms with Gasteiger partial charge in [0.1, 0.15) is 11.5 Å². The quantitative estimate of drug-likeness (QED) is 0.888. The number of nitrogens with zero attached hydrogens (tertiary/aromatic N) is 1. The summed E-state index contributed by atoms with van der Waals surface area (Å²) in [6, 6.07) is 15.0. The second-order valence-electron chi connectivity index (χ2n) is 5.71. The van der Waals surface area contributed by atoms with Crippen LogP contribution in [0.15, 0.2) is 53.0 Å². The number of hydrogen-bond acceptors (Lipinski definition) is 3. The zero-order valence-electron chi connectivity index (χ0n) is 12.7. The molecule has 0 aliphatic carbocycles. The standard InChI is InChI=1S/C18H19BrN2O2/c19-13-5-3-7-15(11-13)23-17-9-2-1-8-16(17)18(22)21-10-4-6-14(20)12-21/h1-3,5,7-9,11,14H,4,6,10,12,20H2. The molecular weight excluding hydrogens is 356 g/mol. The highest BCUT2D eigenvalue weighted by Crippen LogP contribution is 2.28. The molecule has 23 heavy (non-hydrogen) atoms. The molecule has 1 atom stereocenters. The van der Waals surface area contributed by atoms with E-state index in [0.717, 1.165) is 23.9 Å². The number of likely N-dealkylation sites (tertiary alicyclic amines) is 1. The lowest BCUT2D eigenvalue weighted by Crippen LogP contribution is -2.45. The highest BCUT2D eigenvalue weighted by atomic mass is 79.9. The van der Waals surface area contributed by atoms with Gasteiger partial charge < -0.3 is 15.4 Å². The van der Waals surface area contributed by atoms with Crippen LogP contribution in [0.2, 0.25) is 0 Å². The number of hydrogen-bond donors (Lipinski definition) is 1. The second kappa shape index (κ2) is 7.15. The topological polar surface area (TPSA) is 55.6 Å². The molecule has 3 rings (SSSR count). The molecule has 1 aliphatic heterocycles. The summed E-state index contributed by atoms with van der Waals surface area (Å²) in [6.45, 7) is 1.35. The summed E-state index contributed by atoms with van der Waals surface area (Å²) in [4.78, 5) is 14.6. The Morgan fingerprint density at radius 2 is 2.04 bits per heavy atom. The Morgan fingerprint density at radius 3 is 2.83 bits per heavy atom. The third-order valence-corrected chi connectivity index (χ3v) is 4.38. The fourth-order valence-electron chi connectivity index (χ4n) is 2.75. The van der Waals surface area contributed by atoms with Crippen molar-refractivity contribution < 1.29 is 9.53 Å². The van der Waals surface area contributed by atoms with Crippen LogP contribution in [0.3, 0.4) is 0 Å². The van der Waals surface area contributed by atoms with Crippen molar-refractivity contribution >= 4 is 21.8 Å². The highest BCUT2D eigenvalue weighted by molar-refractivity contribution is 9.10. The summed E-state index contributed by atoms with van der Waals surface area (Å²) in [5, 5.41) is 0. The Balaban J connectivity index is 1.84. The largest absolute Gasteiger partial charge is 0.456 e. The first-order valence-corrected chi connectivity index (χ1v) is 8.50. The second-order valence-corrected chi connectivity index (χ2v) is 6.62. The molecule has 1 fully saturated rings. The van der Waals surface area contributed by atoms with Gasteiger partial charge in [-0.15, -0.1) is 0 Å². The maximum Gasteiger partial charge on any atom is 0.257 e. The number of para-hydroxylation sites is 1. The van der Waals surface area contributed by atoms with Crippen LogP contribution in [-0.4, -0.2) is 29.9 Å². The van der Waals surface area contributed by atoms with Crippen LogP contribution in [0.25, 0.3) is 0 Å². The molecule has 120 valence electrons. The molecule has 5 heteroatoms. The lowest BCUT2D eigenvalue weighted by atomic mass is 10.0. The number of nitrogens with two attached hydrogens (primary N) is 1. The van der Waals surface area contributed by atoms with E-state index in [1.165, 1.54) is 0 Å². The number of piperidine rings is 1. The Hall–Kier alpha value is -1.85. The first-order valence-electron chi connectivity index (χ1n) is 7.71. The van der Waals surface area contributed by atoms with Crippen molar-refractivity contribution in [2.45, 2.75) is 18.9 Å². The molecule has 1 aliphatic rings. The number of carbonyl (C=O) groups excluding carboxylic acids is 1. The van der Waals surface area contributed by atoms with Crippen molar-refractivity contribution in [2.24, 2.45) is 5.73 Å². The summed E-state index contributed by atoms with van der Waals surface area (Å²) < 4.78 is 6.85. The van der Waals surface area contributed by atoms with Crippen molar-refractivity contribution in [1.29, 1.82) is 0 Å². The van der Waals surface area contributed by atoms with Crippen LogP contribution >= 0.6 is 15.9 Å². The molecule has 0 radical (unpaired) electrons. The van der Waals surface area contributed by atoms with E-state index in [1.54, 1.807) is 6.07 Å². The molecule has 1 heterocycles. The predicted octanol–water partition coefficient (Wildman–Crippen LogP) is 3.80. The summed E-state index contributed by atoms with van der Waals surface area (Å²) in [5.41, 5.74) is 6.56. The van der Waals surface area contributed by atoms with Crippen molar-refractivity contribution in [3.8, 4) is 11.5 Å². The zero-order chi connectivity index (χ0) is 16.2. The maximum absolute atomic E-state index is 12.8. The monoisotopic (exact) mass is 374 g/mol. The van der Waals surface area contributed by atoms with E-state index in [0.29, 0.717) is 23.6 Å². The van der Waals surface area contributed by atoms with Crippen LogP contribution in [0, 0.1) is 0 Å². The molecule has 0 bridgehead atoms. The van der Waals surface area contributed by atoms with Gasteiger partial charge in [-0.2, -0.15) is 0 Å². The summed E-state index contributed by atoms with van der Waals surface area (Å²) in [5.74, 6) is 1.23. The predicted molar refractivity (Wildman–Crippen MR) is 93.8 cm³/mol. The van der Waals surface area contributed by atoms with Gasteiger partial charge in [-0.1, -0.05) is 34.1 Å². The number of halogens is 1. The Labute approximate surface area is 144 Å². The Bertz CT molecular complexity index is 705. The number of benzene rings is 2. The first kappa shape index (κ1) is 16.0. The van der Waals surface area contributed by atoms with Crippen molar-refractivity contribution in [1.82, 2.24) is 4.90 Å². The number of carbonyl (C=O) groups is 1. The van der Waals surface area contributed by atoms with Gasteiger partial charge in [0.05, 0.1) is 5.56 Å². The van der Waals surface area contributed by atoms with E-state index >= 15 is 0 Å². The Morgan fingerprint density at radius 1 is 1.22 bits per heavy atom. The van der Waals surface area contributed by atoms with Gasteiger partial charge in [-0.3, -0.25) is 4.79 Å². The molecule has 0 aromatic heterocycles. The fourth-order valence-corrected chi connectivity index (χ4v) is 3.13. The third-order valence-electron chi connectivity index (χ3n) is 3.89. The van der Waals surface area contributed by atoms with Gasteiger partial charge in [0.15, 0.2) is 0 Å². The smallest absolute Gasteiger partial charge is 0.257 e.